The van der Waals surface area contributed by atoms with Crippen molar-refractivity contribution in [3.05, 3.63) is 47.3 Å². The smallest absolute Gasteiger partial charge is 0.128 e. The van der Waals surface area contributed by atoms with Gasteiger partial charge in [-0.15, -0.1) is 6.58 Å². The standard InChI is InChI=1S/C13H18FN/c1-9(2)4-7-13(15)11-6-5-10(3)8-12(11)14/h5-6,8,13H,1,4,7,15H2,2-3H3. The van der Waals surface area contributed by atoms with E-state index in [9.17, 15) is 4.39 Å². The maximum Gasteiger partial charge on any atom is 0.128 e. The van der Waals surface area contributed by atoms with E-state index < -0.39 is 0 Å². The van der Waals surface area contributed by atoms with Crippen LogP contribution in [0, 0.1) is 12.7 Å². The van der Waals surface area contributed by atoms with E-state index in [2.05, 4.69) is 6.58 Å². The molecular weight excluding hydrogens is 189 g/mol. The van der Waals surface area contributed by atoms with Gasteiger partial charge in [-0.1, -0.05) is 17.7 Å². The molecule has 2 N–H and O–H groups in total. The van der Waals surface area contributed by atoms with E-state index in [-0.39, 0.29) is 11.9 Å². The molecule has 82 valence electrons. The minimum Gasteiger partial charge on any atom is -0.324 e. The Hall–Kier alpha value is -1.15. The van der Waals surface area contributed by atoms with Crippen LogP contribution in [0.4, 0.5) is 4.39 Å². The first-order valence-electron chi connectivity index (χ1n) is 5.16. The van der Waals surface area contributed by atoms with E-state index in [0.29, 0.717) is 5.56 Å². The highest BCUT2D eigenvalue weighted by Gasteiger charge is 2.10. The largest absolute Gasteiger partial charge is 0.324 e. The summed E-state index contributed by atoms with van der Waals surface area (Å²) >= 11 is 0. The normalized spacial score (nSPS) is 12.5. The van der Waals surface area contributed by atoms with Crippen LogP contribution in [-0.2, 0) is 0 Å². The zero-order valence-electron chi connectivity index (χ0n) is 9.39. The molecule has 0 spiro atoms. The van der Waals surface area contributed by atoms with Crippen molar-refractivity contribution in [2.45, 2.75) is 32.7 Å². The Morgan fingerprint density at radius 3 is 2.73 bits per heavy atom. The number of allylic oxidation sites excluding steroid dienone is 1. The summed E-state index contributed by atoms with van der Waals surface area (Å²) in [5.41, 5.74) is 8.51. The third-order valence-electron chi connectivity index (χ3n) is 2.44. The van der Waals surface area contributed by atoms with Crippen LogP contribution in [0.15, 0.2) is 30.4 Å². The van der Waals surface area contributed by atoms with Gasteiger partial charge < -0.3 is 5.73 Å². The van der Waals surface area contributed by atoms with Crippen molar-refractivity contribution in [3.8, 4) is 0 Å². The zero-order valence-corrected chi connectivity index (χ0v) is 9.39. The molecule has 1 unspecified atom stereocenters. The molecule has 2 heteroatoms. The third kappa shape index (κ3) is 3.48. The molecule has 0 heterocycles. The Morgan fingerprint density at radius 2 is 2.20 bits per heavy atom. The van der Waals surface area contributed by atoms with Crippen LogP contribution in [-0.4, -0.2) is 0 Å². The van der Waals surface area contributed by atoms with Gasteiger partial charge in [0, 0.05) is 11.6 Å². The molecule has 0 aliphatic heterocycles. The summed E-state index contributed by atoms with van der Waals surface area (Å²) in [6.45, 7) is 7.63. The first-order valence-corrected chi connectivity index (χ1v) is 5.16. The molecule has 0 radical (unpaired) electrons. The number of halogens is 1. The van der Waals surface area contributed by atoms with Crippen LogP contribution in [0.2, 0.25) is 0 Å². The average Bonchev–Trinajstić information content (AvgIpc) is 2.14. The van der Waals surface area contributed by atoms with E-state index >= 15 is 0 Å². The summed E-state index contributed by atoms with van der Waals surface area (Å²) in [6.07, 6.45) is 1.59. The first kappa shape index (κ1) is 11.9. The second-order valence-electron chi connectivity index (χ2n) is 4.13. The molecule has 0 amide bonds. The van der Waals surface area contributed by atoms with Crippen molar-refractivity contribution in [1.82, 2.24) is 0 Å². The quantitative estimate of drug-likeness (QED) is 0.751. The Kier molecular flexibility index (Phi) is 4.04. The van der Waals surface area contributed by atoms with Crippen LogP contribution < -0.4 is 5.73 Å². The molecule has 0 fully saturated rings. The van der Waals surface area contributed by atoms with Crippen molar-refractivity contribution < 1.29 is 4.39 Å². The fourth-order valence-electron chi connectivity index (χ4n) is 1.49. The second-order valence-corrected chi connectivity index (χ2v) is 4.13. The highest BCUT2D eigenvalue weighted by molar-refractivity contribution is 5.25. The number of hydrogen-bond donors (Lipinski definition) is 1. The van der Waals surface area contributed by atoms with E-state index in [1.807, 2.05) is 19.9 Å². The van der Waals surface area contributed by atoms with Gasteiger partial charge in [0.05, 0.1) is 0 Å². The predicted molar refractivity (Wildman–Crippen MR) is 62.1 cm³/mol. The Balaban J connectivity index is 2.73. The summed E-state index contributed by atoms with van der Waals surface area (Å²) in [5.74, 6) is -0.204. The molecule has 0 saturated carbocycles. The minimum absolute atomic E-state index is 0.204. The van der Waals surface area contributed by atoms with Gasteiger partial charge >= 0.3 is 0 Å². The lowest BCUT2D eigenvalue weighted by Crippen LogP contribution is -2.12. The van der Waals surface area contributed by atoms with Gasteiger partial charge in [0.1, 0.15) is 5.82 Å². The highest BCUT2D eigenvalue weighted by Crippen LogP contribution is 2.21. The topological polar surface area (TPSA) is 26.0 Å². The molecule has 1 aromatic carbocycles. The van der Waals surface area contributed by atoms with Gasteiger partial charge in [-0.3, -0.25) is 0 Å². The number of hydrogen-bond acceptors (Lipinski definition) is 1. The summed E-state index contributed by atoms with van der Waals surface area (Å²) < 4.78 is 13.5. The SMILES string of the molecule is C=C(C)CCC(N)c1ccc(C)cc1F. The summed E-state index contributed by atoms with van der Waals surface area (Å²) in [5, 5.41) is 0. The lowest BCUT2D eigenvalue weighted by Gasteiger charge is -2.13. The van der Waals surface area contributed by atoms with E-state index in [1.165, 1.54) is 6.07 Å². The lowest BCUT2D eigenvalue weighted by molar-refractivity contribution is 0.562. The monoisotopic (exact) mass is 207 g/mol. The fourth-order valence-corrected chi connectivity index (χ4v) is 1.49. The minimum atomic E-state index is -0.234. The highest BCUT2D eigenvalue weighted by atomic mass is 19.1. The fraction of sp³-hybridized carbons (Fsp3) is 0.385. The molecule has 0 saturated heterocycles. The number of aryl methyl sites for hydroxylation is 1. The third-order valence-corrected chi connectivity index (χ3v) is 2.44. The van der Waals surface area contributed by atoms with Crippen molar-refractivity contribution in [2.75, 3.05) is 0 Å². The Bertz CT molecular complexity index is 358. The van der Waals surface area contributed by atoms with E-state index in [4.69, 9.17) is 5.73 Å². The van der Waals surface area contributed by atoms with Crippen molar-refractivity contribution in [3.63, 3.8) is 0 Å². The summed E-state index contributed by atoms with van der Waals surface area (Å²) in [6, 6.07) is 4.95. The molecule has 1 atom stereocenters. The van der Waals surface area contributed by atoms with Crippen LogP contribution in [0.25, 0.3) is 0 Å². The lowest BCUT2D eigenvalue weighted by atomic mass is 9.99. The number of rotatable bonds is 4. The van der Waals surface area contributed by atoms with Crippen molar-refractivity contribution in [2.24, 2.45) is 5.73 Å². The van der Waals surface area contributed by atoms with Crippen molar-refractivity contribution in [1.29, 1.82) is 0 Å². The van der Waals surface area contributed by atoms with Gasteiger partial charge in [0.25, 0.3) is 0 Å². The maximum absolute atomic E-state index is 13.5. The second kappa shape index (κ2) is 5.08. The first-order chi connectivity index (χ1) is 7.00. The Morgan fingerprint density at radius 1 is 1.53 bits per heavy atom. The van der Waals surface area contributed by atoms with Gasteiger partial charge in [0.2, 0.25) is 0 Å². The molecule has 0 bridgehead atoms. The Labute approximate surface area is 90.8 Å². The average molecular weight is 207 g/mol. The van der Waals surface area contributed by atoms with Crippen LogP contribution >= 0.6 is 0 Å². The van der Waals surface area contributed by atoms with Crippen LogP contribution in [0.5, 0.6) is 0 Å². The molecule has 1 nitrogen and oxygen atoms in total. The number of nitrogens with two attached hydrogens (primary N) is 1. The van der Waals surface area contributed by atoms with Crippen molar-refractivity contribution >= 4 is 0 Å². The van der Waals surface area contributed by atoms with Gasteiger partial charge in [-0.2, -0.15) is 0 Å². The molecule has 0 aromatic heterocycles. The molecular formula is C13H18FN. The number of benzene rings is 1. The zero-order chi connectivity index (χ0) is 11.4. The van der Waals surface area contributed by atoms with E-state index in [0.717, 1.165) is 24.0 Å². The maximum atomic E-state index is 13.5. The summed E-state index contributed by atoms with van der Waals surface area (Å²) in [4.78, 5) is 0. The van der Waals surface area contributed by atoms with Gasteiger partial charge in [-0.25, -0.2) is 4.39 Å². The predicted octanol–water partition coefficient (Wildman–Crippen LogP) is 3.49. The molecule has 15 heavy (non-hydrogen) atoms. The molecule has 0 aliphatic carbocycles. The molecule has 1 rings (SSSR count). The molecule has 0 aliphatic rings. The van der Waals surface area contributed by atoms with Crippen LogP contribution in [0.1, 0.15) is 36.9 Å². The van der Waals surface area contributed by atoms with E-state index in [1.54, 1.807) is 6.07 Å². The van der Waals surface area contributed by atoms with Gasteiger partial charge in [-0.05, 0) is 38.3 Å². The van der Waals surface area contributed by atoms with Crippen LogP contribution in [0.3, 0.4) is 0 Å². The summed E-state index contributed by atoms with van der Waals surface area (Å²) in [7, 11) is 0. The molecule has 1 aromatic rings. The van der Waals surface area contributed by atoms with Gasteiger partial charge in [0.15, 0.2) is 0 Å².